The summed E-state index contributed by atoms with van der Waals surface area (Å²) in [4.78, 5) is 9.03. The van der Waals surface area contributed by atoms with Crippen molar-refractivity contribution >= 4 is 22.7 Å². The largest absolute Gasteiger partial charge is 0.494 e. The van der Waals surface area contributed by atoms with Gasteiger partial charge in [-0.25, -0.2) is 4.98 Å². The smallest absolute Gasteiger partial charge is 0.193 e. The lowest BCUT2D eigenvalue weighted by atomic mass is 10.2. The van der Waals surface area contributed by atoms with Crippen molar-refractivity contribution in [2.24, 2.45) is 10.7 Å². The van der Waals surface area contributed by atoms with Gasteiger partial charge in [0, 0.05) is 12.6 Å². The number of nitrogens with two attached hydrogens (primary N) is 1. The minimum absolute atomic E-state index is 0.330. The Hall–Kier alpha value is -3.22. The van der Waals surface area contributed by atoms with Crippen molar-refractivity contribution in [1.29, 1.82) is 0 Å². The van der Waals surface area contributed by atoms with E-state index in [0.717, 1.165) is 28.3 Å². The van der Waals surface area contributed by atoms with Gasteiger partial charge in [0.2, 0.25) is 0 Å². The molecular weight excluding hydrogens is 354 g/mol. The van der Waals surface area contributed by atoms with Crippen molar-refractivity contribution in [1.82, 2.24) is 9.55 Å². The molecule has 7 nitrogen and oxygen atoms in total. The van der Waals surface area contributed by atoms with Gasteiger partial charge >= 0.3 is 0 Å². The number of aliphatic imine (C=N–C) groups is 1. The number of hydrogen-bond donors (Lipinski definition) is 2. The van der Waals surface area contributed by atoms with Crippen LogP contribution in [0.2, 0.25) is 0 Å². The van der Waals surface area contributed by atoms with E-state index in [2.05, 4.69) is 25.9 Å². The normalized spacial score (nSPS) is 11.6. The fourth-order valence-corrected chi connectivity index (χ4v) is 3.07. The number of nitrogens with one attached hydrogen (secondary N) is 1. The Kier molecular flexibility index (Phi) is 6.37. The molecule has 0 bridgehead atoms. The summed E-state index contributed by atoms with van der Waals surface area (Å²) >= 11 is 0. The van der Waals surface area contributed by atoms with Crippen molar-refractivity contribution in [2.75, 3.05) is 25.1 Å². The topological polar surface area (TPSA) is 86.7 Å². The summed E-state index contributed by atoms with van der Waals surface area (Å²) in [5.41, 5.74) is 8.93. The Bertz CT molecular complexity index is 965. The number of para-hydroxylation sites is 2. The van der Waals surface area contributed by atoms with Gasteiger partial charge in [-0.05, 0) is 45.0 Å². The number of hydrogen-bond acceptors (Lipinski definition) is 4. The minimum atomic E-state index is 0.330. The first-order valence-electron chi connectivity index (χ1n) is 9.50. The molecular formula is C21H27N5O2. The number of fused-ring (bicyclic) bond motifs is 1. The highest BCUT2D eigenvalue weighted by Gasteiger charge is 2.08. The van der Waals surface area contributed by atoms with Crippen LogP contribution in [0.1, 0.15) is 19.7 Å². The molecule has 0 amide bonds. The SMILES string of the molecule is CCOc1ccc(OCC)c(NC(N)=NCCn2c(C)nc3ccccc32)c1. The first kappa shape index (κ1) is 19.5. The van der Waals surface area contributed by atoms with Gasteiger partial charge in [-0.15, -0.1) is 0 Å². The van der Waals surface area contributed by atoms with E-state index in [1.165, 1.54) is 0 Å². The average Bonchev–Trinajstić information content (AvgIpc) is 3.00. The Labute approximate surface area is 165 Å². The molecule has 3 N–H and O–H groups in total. The molecule has 0 atom stereocenters. The number of imidazole rings is 1. The zero-order valence-electron chi connectivity index (χ0n) is 16.6. The number of ether oxygens (including phenoxy) is 2. The first-order chi connectivity index (χ1) is 13.6. The van der Waals surface area contributed by atoms with E-state index in [4.69, 9.17) is 15.2 Å². The highest BCUT2D eigenvalue weighted by molar-refractivity contribution is 5.94. The van der Waals surface area contributed by atoms with E-state index >= 15 is 0 Å². The van der Waals surface area contributed by atoms with Crippen LogP contribution in [0.5, 0.6) is 11.5 Å². The van der Waals surface area contributed by atoms with Crippen LogP contribution < -0.4 is 20.5 Å². The summed E-state index contributed by atoms with van der Waals surface area (Å²) in [6.07, 6.45) is 0. The second kappa shape index (κ2) is 9.12. The van der Waals surface area contributed by atoms with Gasteiger partial charge in [0.1, 0.15) is 17.3 Å². The third-order valence-corrected chi connectivity index (χ3v) is 4.28. The van der Waals surface area contributed by atoms with Crippen LogP contribution in [0.3, 0.4) is 0 Å². The average molecular weight is 381 g/mol. The molecule has 148 valence electrons. The minimum Gasteiger partial charge on any atom is -0.494 e. The molecule has 0 spiro atoms. The standard InChI is InChI=1S/C21H27N5O2/c1-4-27-16-10-11-20(28-5-2)18(14-16)25-21(22)23-12-13-26-15(3)24-17-8-6-7-9-19(17)26/h6-11,14H,4-5,12-13H2,1-3H3,(H3,22,23,25). The van der Waals surface area contributed by atoms with E-state index in [0.29, 0.717) is 38.0 Å². The molecule has 0 saturated heterocycles. The summed E-state index contributed by atoms with van der Waals surface area (Å²) in [7, 11) is 0. The number of aromatic nitrogens is 2. The van der Waals surface area contributed by atoms with Gasteiger partial charge < -0.3 is 25.1 Å². The van der Waals surface area contributed by atoms with Crippen LogP contribution in [0.15, 0.2) is 47.5 Å². The molecule has 3 aromatic rings. The van der Waals surface area contributed by atoms with Crippen molar-refractivity contribution in [3.8, 4) is 11.5 Å². The molecule has 0 aliphatic heterocycles. The highest BCUT2D eigenvalue weighted by atomic mass is 16.5. The predicted octanol–water partition coefficient (Wildman–Crippen LogP) is 3.57. The quantitative estimate of drug-likeness (QED) is 0.460. The number of guanidine groups is 1. The lowest BCUT2D eigenvalue weighted by molar-refractivity contribution is 0.332. The maximum Gasteiger partial charge on any atom is 0.193 e. The van der Waals surface area contributed by atoms with Crippen molar-refractivity contribution in [3.05, 3.63) is 48.3 Å². The Morgan fingerprint density at radius 1 is 1.14 bits per heavy atom. The molecule has 0 unspecified atom stereocenters. The van der Waals surface area contributed by atoms with Crippen LogP contribution >= 0.6 is 0 Å². The third kappa shape index (κ3) is 4.54. The molecule has 28 heavy (non-hydrogen) atoms. The maximum atomic E-state index is 6.10. The molecule has 1 heterocycles. The van der Waals surface area contributed by atoms with Crippen LogP contribution in [0, 0.1) is 6.92 Å². The van der Waals surface area contributed by atoms with Crippen LogP contribution in [0.4, 0.5) is 5.69 Å². The number of rotatable bonds is 8. The van der Waals surface area contributed by atoms with E-state index in [9.17, 15) is 0 Å². The molecule has 2 aromatic carbocycles. The van der Waals surface area contributed by atoms with E-state index < -0.39 is 0 Å². The Morgan fingerprint density at radius 3 is 2.71 bits per heavy atom. The van der Waals surface area contributed by atoms with Gasteiger partial charge in [-0.1, -0.05) is 12.1 Å². The van der Waals surface area contributed by atoms with Crippen LogP contribution in [-0.4, -0.2) is 35.3 Å². The summed E-state index contributed by atoms with van der Waals surface area (Å²) in [5, 5.41) is 3.12. The van der Waals surface area contributed by atoms with Crippen LogP contribution in [-0.2, 0) is 6.54 Å². The van der Waals surface area contributed by atoms with Gasteiger partial charge in [-0.2, -0.15) is 0 Å². The number of anilines is 1. The van der Waals surface area contributed by atoms with E-state index in [1.807, 2.05) is 57.2 Å². The third-order valence-electron chi connectivity index (χ3n) is 4.28. The fourth-order valence-electron chi connectivity index (χ4n) is 3.07. The van der Waals surface area contributed by atoms with Crippen molar-refractivity contribution < 1.29 is 9.47 Å². The van der Waals surface area contributed by atoms with Crippen molar-refractivity contribution in [2.45, 2.75) is 27.3 Å². The lowest BCUT2D eigenvalue weighted by Gasteiger charge is -2.14. The predicted molar refractivity (Wildman–Crippen MR) is 113 cm³/mol. The molecule has 1 aromatic heterocycles. The summed E-state index contributed by atoms with van der Waals surface area (Å²) in [6.45, 7) is 8.28. The molecule has 0 aliphatic carbocycles. The molecule has 0 fully saturated rings. The number of benzene rings is 2. The summed E-state index contributed by atoms with van der Waals surface area (Å²) in [5.74, 6) is 2.75. The zero-order chi connectivity index (χ0) is 19.9. The van der Waals surface area contributed by atoms with E-state index in [-0.39, 0.29) is 0 Å². The number of aryl methyl sites for hydroxylation is 1. The monoisotopic (exact) mass is 381 g/mol. The highest BCUT2D eigenvalue weighted by Crippen LogP contribution is 2.29. The number of nitrogens with zero attached hydrogens (tertiary/aromatic N) is 3. The van der Waals surface area contributed by atoms with Gasteiger partial charge in [0.05, 0.1) is 36.5 Å². The summed E-state index contributed by atoms with van der Waals surface area (Å²) < 4.78 is 13.4. The zero-order valence-corrected chi connectivity index (χ0v) is 16.6. The molecule has 7 heteroatoms. The van der Waals surface area contributed by atoms with Crippen LogP contribution in [0.25, 0.3) is 11.0 Å². The summed E-state index contributed by atoms with van der Waals surface area (Å²) in [6, 6.07) is 13.7. The fraction of sp³-hybridized carbons (Fsp3) is 0.333. The van der Waals surface area contributed by atoms with Gasteiger partial charge in [0.15, 0.2) is 5.96 Å². The molecule has 0 radical (unpaired) electrons. The van der Waals surface area contributed by atoms with Crippen molar-refractivity contribution in [3.63, 3.8) is 0 Å². The molecule has 0 aliphatic rings. The second-order valence-corrected chi connectivity index (χ2v) is 6.22. The van der Waals surface area contributed by atoms with E-state index in [1.54, 1.807) is 0 Å². The molecule has 3 rings (SSSR count). The molecule has 0 saturated carbocycles. The Balaban J connectivity index is 1.70. The Morgan fingerprint density at radius 2 is 1.93 bits per heavy atom. The lowest BCUT2D eigenvalue weighted by Crippen LogP contribution is -2.24. The maximum absolute atomic E-state index is 6.10. The van der Waals surface area contributed by atoms with Gasteiger partial charge in [-0.3, -0.25) is 4.99 Å². The van der Waals surface area contributed by atoms with Gasteiger partial charge in [0.25, 0.3) is 0 Å². The first-order valence-corrected chi connectivity index (χ1v) is 9.50. The second-order valence-electron chi connectivity index (χ2n) is 6.22.